The average Bonchev–Trinajstić information content (AvgIpc) is 2.78. The van der Waals surface area contributed by atoms with Crippen molar-refractivity contribution in [3.8, 4) is 0 Å². The van der Waals surface area contributed by atoms with Crippen LogP contribution in [0.5, 0.6) is 0 Å². The second-order valence-electron chi connectivity index (χ2n) is 7.26. The Hall–Kier alpha value is -2.27. The first-order chi connectivity index (χ1) is 15.6. The molecule has 0 aromatic heterocycles. The molecule has 0 spiro atoms. The van der Waals surface area contributed by atoms with Gasteiger partial charge in [-0.15, -0.1) is 0 Å². The lowest BCUT2D eigenvalue weighted by atomic mass is 10.2. The molecule has 0 saturated carbocycles. The van der Waals surface area contributed by atoms with Crippen LogP contribution in [0.25, 0.3) is 0 Å². The molecule has 2 N–H and O–H groups in total. The molecule has 4 nitrogen and oxygen atoms in total. The van der Waals surface area contributed by atoms with Crippen molar-refractivity contribution in [2.75, 3.05) is 12.3 Å². The fourth-order valence-corrected chi connectivity index (χ4v) is 2.68. The topological polar surface area (TPSA) is 58.2 Å². The maximum atomic E-state index is 11.8. The van der Waals surface area contributed by atoms with E-state index in [2.05, 4.69) is 97.0 Å². The lowest BCUT2D eigenvalue weighted by Crippen LogP contribution is -2.45. The van der Waals surface area contributed by atoms with Gasteiger partial charge >= 0.3 is 0 Å². The van der Waals surface area contributed by atoms with Gasteiger partial charge in [-0.05, 0) is 51.9 Å². The Morgan fingerprint density at radius 2 is 1.19 bits per heavy atom. The Balaban J connectivity index is 3.71. The van der Waals surface area contributed by atoms with E-state index in [9.17, 15) is 9.59 Å². The van der Waals surface area contributed by atoms with Crippen LogP contribution in [0.2, 0.25) is 0 Å². The Morgan fingerprint density at radius 1 is 0.750 bits per heavy atom. The highest BCUT2D eigenvalue weighted by molar-refractivity contribution is 7.80. The standard InChI is InChI=1S/C27H42N2O2S/c1-3-4-5-6-7-8-9-10-11-12-13-14-15-16-17-18-19-20-21-22-26(30)29-25(2)27(31)28-23-24-32/h4-5,7-8,10-11,13-14,16-17,19-20,25,32H,3,6,9,12,15,18,21-24H2,1-2H3,(H,28,31)(H,29,30). The number of amides is 2. The monoisotopic (exact) mass is 458 g/mol. The van der Waals surface area contributed by atoms with E-state index in [1.54, 1.807) is 6.92 Å². The predicted octanol–water partition coefficient (Wildman–Crippen LogP) is 6.02. The molecule has 0 rings (SSSR count). The summed E-state index contributed by atoms with van der Waals surface area (Å²) in [7, 11) is 0. The molecule has 0 bridgehead atoms. The number of allylic oxidation sites excluding steroid dienone is 12. The van der Waals surface area contributed by atoms with Crippen molar-refractivity contribution in [3.05, 3.63) is 72.9 Å². The van der Waals surface area contributed by atoms with Crippen LogP contribution in [-0.2, 0) is 9.59 Å². The summed E-state index contributed by atoms with van der Waals surface area (Å²) in [6, 6.07) is -0.521. The molecule has 32 heavy (non-hydrogen) atoms. The third-order valence-electron chi connectivity index (χ3n) is 4.32. The lowest BCUT2D eigenvalue weighted by molar-refractivity contribution is -0.128. The first kappa shape index (κ1) is 29.7. The van der Waals surface area contributed by atoms with Crippen LogP contribution in [0.15, 0.2) is 72.9 Å². The van der Waals surface area contributed by atoms with Crippen molar-refractivity contribution < 1.29 is 9.59 Å². The Kier molecular flexibility index (Phi) is 21.7. The van der Waals surface area contributed by atoms with Crippen LogP contribution < -0.4 is 10.6 Å². The molecular formula is C27H42N2O2S. The highest BCUT2D eigenvalue weighted by Gasteiger charge is 2.13. The molecule has 0 radical (unpaired) electrons. The first-order valence-corrected chi connectivity index (χ1v) is 12.3. The van der Waals surface area contributed by atoms with E-state index in [1.807, 2.05) is 6.08 Å². The molecule has 0 fully saturated rings. The molecule has 0 aliphatic rings. The molecule has 0 aromatic rings. The minimum absolute atomic E-state index is 0.113. The summed E-state index contributed by atoms with van der Waals surface area (Å²) in [5.74, 6) is 0.286. The molecule has 0 aromatic carbocycles. The third-order valence-corrected chi connectivity index (χ3v) is 4.54. The minimum Gasteiger partial charge on any atom is -0.354 e. The Bertz CT molecular complexity index is 661. The van der Waals surface area contributed by atoms with E-state index in [-0.39, 0.29) is 11.8 Å². The first-order valence-electron chi connectivity index (χ1n) is 11.7. The van der Waals surface area contributed by atoms with Gasteiger partial charge in [0, 0.05) is 18.7 Å². The van der Waals surface area contributed by atoms with Gasteiger partial charge in [0.2, 0.25) is 11.8 Å². The predicted molar refractivity (Wildman–Crippen MR) is 142 cm³/mol. The lowest BCUT2D eigenvalue weighted by Gasteiger charge is -2.13. The summed E-state index contributed by atoms with van der Waals surface area (Å²) in [5.41, 5.74) is 0. The summed E-state index contributed by atoms with van der Waals surface area (Å²) >= 11 is 4.04. The molecule has 2 amide bonds. The van der Waals surface area contributed by atoms with Gasteiger partial charge in [-0.2, -0.15) is 12.6 Å². The number of nitrogens with one attached hydrogen (secondary N) is 2. The van der Waals surface area contributed by atoms with E-state index < -0.39 is 6.04 Å². The number of carbonyl (C=O) groups is 2. The molecule has 0 saturated heterocycles. The third kappa shape index (κ3) is 21.0. The average molecular weight is 459 g/mol. The van der Waals surface area contributed by atoms with Crippen molar-refractivity contribution in [3.63, 3.8) is 0 Å². The van der Waals surface area contributed by atoms with Crippen LogP contribution in [0.1, 0.15) is 65.2 Å². The molecule has 178 valence electrons. The normalized spacial score (nSPS) is 13.5. The van der Waals surface area contributed by atoms with Crippen LogP contribution in [0.3, 0.4) is 0 Å². The van der Waals surface area contributed by atoms with Crippen molar-refractivity contribution >= 4 is 24.4 Å². The van der Waals surface area contributed by atoms with Crippen molar-refractivity contribution in [2.24, 2.45) is 0 Å². The smallest absolute Gasteiger partial charge is 0.242 e. The highest BCUT2D eigenvalue weighted by atomic mass is 32.1. The summed E-state index contributed by atoms with van der Waals surface area (Å²) in [6.45, 7) is 4.33. The van der Waals surface area contributed by atoms with Crippen LogP contribution in [-0.4, -0.2) is 30.2 Å². The van der Waals surface area contributed by atoms with Crippen LogP contribution in [0, 0.1) is 0 Å². The van der Waals surface area contributed by atoms with Gasteiger partial charge < -0.3 is 10.6 Å². The zero-order chi connectivity index (χ0) is 23.7. The van der Waals surface area contributed by atoms with E-state index >= 15 is 0 Å². The number of carbonyl (C=O) groups excluding carboxylic acids is 2. The van der Waals surface area contributed by atoms with E-state index in [4.69, 9.17) is 0 Å². The number of rotatable bonds is 18. The summed E-state index contributed by atoms with van der Waals surface area (Å²) in [6.07, 6.45) is 32.8. The minimum atomic E-state index is -0.521. The second-order valence-corrected chi connectivity index (χ2v) is 7.70. The number of hydrogen-bond donors (Lipinski definition) is 3. The molecule has 0 aliphatic carbocycles. The Morgan fingerprint density at radius 3 is 1.62 bits per heavy atom. The van der Waals surface area contributed by atoms with E-state index in [0.717, 1.165) is 38.5 Å². The van der Waals surface area contributed by atoms with Crippen molar-refractivity contribution in [1.29, 1.82) is 0 Å². The molecule has 5 heteroatoms. The van der Waals surface area contributed by atoms with Gasteiger partial charge in [-0.1, -0.05) is 79.8 Å². The van der Waals surface area contributed by atoms with Crippen molar-refractivity contribution in [1.82, 2.24) is 10.6 Å². The van der Waals surface area contributed by atoms with Gasteiger partial charge in [0.05, 0.1) is 0 Å². The summed E-state index contributed by atoms with van der Waals surface area (Å²) in [4.78, 5) is 23.5. The molecule has 1 unspecified atom stereocenters. The quantitative estimate of drug-likeness (QED) is 0.174. The fourth-order valence-electron chi connectivity index (χ4n) is 2.57. The van der Waals surface area contributed by atoms with E-state index in [1.165, 1.54) is 0 Å². The number of hydrogen-bond acceptors (Lipinski definition) is 3. The van der Waals surface area contributed by atoms with Crippen molar-refractivity contribution in [2.45, 2.75) is 71.3 Å². The van der Waals surface area contributed by atoms with Gasteiger partial charge in [-0.25, -0.2) is 0 Å². The van der Waals surface area contributed by atoms with Crippen LogP contribution >= 0.6 is 12.6 Å². The van der Waals surface area contributed by atoms with Gasteiger partial charge in [0.25, 0.3) is 0 Å². The van der Waals surface area contributed by atoms with Gasteiger partial charge in [-0.3, -0.25) is 9.59 Å². The second kappa shape index (κ2) is 23.4. The Labute approximate surface area is 201 Å². The highest BCUT2D eigenvalue weighted by Crippen LogP contribution is 1.98. The summed E-state index contributed by atoms with van der Waals surface area (Å²) < 4.78 is 0. The summed E-state index contributed by atoms with van der Waals surface area (Å²) in [5, 5.41) is 5.41. The fraction of sp³-hybridized carbons (Fsp3) is 0.481. The zero-order valence-corrected chi connectivity index (χ0v) is 20.7. The van der Waals surface area contributed by atoms with Gasteiger partial charge in [0.15, 0.2) is 0 Å². The molecule has 1 atom stereocenters. The maximum Gasteiger partial charge on any atom is 0.242 e. The SMILES string of the molecule is CCC=CCC=CCC=CCC=CCC=CCC=CCCC(=O)NC(C)C(=O)NCCS. The van der Waals surface area contributed by atoms with Gasteiger partial charge in [0.1, 0.15) is 6.04 Å². The number of thiol groups is 1. The molecule has 0 heterocycles. The molecule has 0 aliphatic heterocycles. The zero-order valence-electron chi connectivity index (χ0n) is 19.8. The largest absolute Gasteiger partial charge is 0.354 e. The van der Waals surface area contributed by atoms with Crippen LogP contribution in [0.4, 0.5) is 0 Å². The van der Waals surface area contributed by atoms with E-state index in [0.29, 0.717) is 25.1 Å². The molecular weight excluding hydrogens is 416 g/mol. The maximum absolute atomic E-state index is 11.8.